The van der Waals surface area contributed by atoms with E-state index in [9.17, 15) is 14.0 Å². The Hall–Kier alpha value is -1.91. The van der Waals surface area contributed by atoms with Crippen molar-refractivity contribution in [3.8, 4) is 0 Å². The van der Waals surface area contributed by atoms with Crippen molar-refractivity contribution in [2.75, 3.05) is 13.1 Å². The summed E-state index contributed by atoms with van der Waals surface area (Å²) in [6.45, 7) is 2.71. The van der Waals surface area contributed by atoms with Crippen molar-refractivity contribution >= 4 is 11.8 Å². The Balaban J connectivity index is 2.03. The van der Waals surface area contributed by atoms with Crippen LogP contribution < -0.4 is 5.32 Å². The minimum Gasteiger partial charge on any atom is -0.353 e. The van der Waals surface area contributed by atoms with Gasteiger partial charge in [-0.15, -0.1) is 0 Å². The second-order valence-electron chi connectivity index (χ2n) is 4.36. The molecule has 1 saturated heterocycles. The topological polar surface area (TPSA) is 49.4 Å². The zero-order valence-corrected chi connectivity index (χ0v) is 10.1. The summed E-state index contributed by atoms with van der Waals surface area (Å²) >= 11 is 0. The fourth-order valence-electron chi connectivity index (χ4n) is 2.00. The number of carbonyl (C=O) groups excluding carboxylic acids is 2. The number of hydrogen-bond donors (Lipinski definition) is 1. The van der Waals surface area contributed by atoms with E-state index in [1.165, 1.54) is 12.1 Å². The van der Waals surface area contributed by atoms with Gasteiger partial charge in [0.2, 0.25) is 11.8 Å². The highest BCUT2D eigenvalue weighted by Gasteiger charge is 2.28. The van der Waals surface area contributed by atoms with E-state index in [0.717, 1.165) is 5.56 Å². The molecule has 1 N–H and O–H groups in total. The Labute approximate surface area is 105 Å². The van der Waals surface area contributed by atoms with E-state index in [-0.39, 0.29) is 24.1 Å². The Morgan fingerprint density at radius 2 is 2.11 bits per heavy atom. The Bertz CT molecular complexity index is 459. The zero-order valence-electron chi connectivity index (χ0n) is 10.1. The minimum absolute atomic E-state index is 0.107. The summed E-state index contributed by atoms with van der Waals surface area (Å²) in [7, 11) is 0. The molecule has 5 heteroatoms. The fourth-order valence-corrected chi connectivity index (χ4v) is 2.00. The van der Waals surface area contributed by atoms with Gasteiger partial charge in [-0.3, -0.25) is 9.59 Å². The molecule has 0 radical (unpaired) electrons. The number of carbonyl (C=O) groups is 2. The monoisotopic (exact) mass is 250 g/mol. The van der Waals surface area contributed by atoms with Crippen LogP contribution in [0.1, 0.15) is 12.5 Å². The van der Waals surface area contributed by atoms with E-state index in [1.807, 2.05) is 0 Å². The first-order valence-electron chi connectivity index (χ1n) is 5.89. The average molecular weight is 250 g/mol. The van der Waals surface area contributed by atoms with Gasteiger partial charge in [-0.2, -0.15) is 0 Å². The smallest absolute Gasteiger partial charge is 0.242 e. The molecule has 0 aliphatic carbocycles. The van der Waals surface area contributed by atoms with Crippen LogP contribution in [0, 0.1) is 5.82 Å². The molecule has 1 aromatic carbocycles. The van der Waals surface area contributed by atoms with Crippen molar-refractivity contribution in [2.24, 2.45) is 0 Å². The molecule has 1 aromatic rings. The summed E-state index contributed by atoms with van der Waals surface area (Å²) < 4.78 is 12.7. The SMILES string of the molecule is CC1C(=O)NCCN1C(=O)Cc1ccc(F)cc1. The second-order valence-corrected chi connectivity index (χ2v) is 4.36. The summed E-state index contributed by atoms with van der Waals surface area (Å²) in [4.78, 5) is 25.1. The molecule has 18 heavy (non-hydrogen) atoms. The van der Waals surface area contributed by atoms with E-state index in [1.54, 1.807) is 24.0 Å². The Kier molecular flexibility index (Phi) is 3.60. The summed E-state index contributed by atoms with van der Waals surface area (Å²) in [6, 6.07) is 5.39. The quantitative estimate of drug-likeness (QED) is 0.840. The predicted octanol–water partition coefficient (Wildman–Crippen LogP) is 0.715. The lowest BCUT2D eigenvalue weighted by molar-refractivity contribution is -0.142. The lowest BCUT2D eigenvalue weighted by Gasteiger charge is -2.32. The van der Waals surface area contributed by atoms with Gasteiger partial charge in [0.15, 0.2) is 0 Å². The summed E-state index contributed by atoms with van der Waals surface area (Å²) in [5, 5.41) is 2.71. The van der Waals surface area contributed by atoms with Crippen LogP contribution in [-0.2, 0) is 16.0 Å². The molecule has 1 aliphatic rings. The lowest BCUT2D eigenvalue weighted by atomic mass is 10.1. The minimum atomic E-state index is -0.438. The van der Waals surface area contributed by atoms with Crippen LogP contribution in [0.15, 0.2) is 24.3 Å². The van der Waals surface area contributed by atoms with Crippen LogP contribution in [0.2, 0.25) is 0 Å². The lowest BCUT2D eigenvalue weighted by Crippen LogP contribution is -2.56. The van der Waals surface area contributed by atoms with Crippen molar-refractivity contribution in [2.45, 2.75) is 19.4 Å². The van der Waals surface area contributed by atoms with Crippen LogP contribution in [0.5, 0.6) is 0 Å². The molecular weight excluding hydrogens is 235 g/mol. The van der Waals surface area contributed by atoms with Gasteiger partial charge >= 0.3 is 0 Å². The first-order chi connectivity index (χ1) is 8.58. The van der Waals surface area contributed by atoms with Gasteiger partial charge < -0.3 is 10.2 Å². The molecule has 1 aliphatic heterocycles. The van der Waals surface area contributed by atoms with Crippen molar-refractivity contribution in [3.63, 3.8) is 0 Å². The molecule has 0 saturated carbocycles. The van der Waals surface area contributed by atoms with E-state index in [4.69, 9.17) is 0 Å². The van der Waals surface area contributed by atoms with Crippen LogP contribution in [-0.4, -0.2) is 35.8 Å². The summed E-state index contributed by atoms with van der Waals surface area (Å²) in [5.74, 6) is -0.561. The van der Waals surface area contributed by atoms with Crippen molar-refractivity contribution in [3.05, 3.63) is 35.6 Å². The molecule has 0 spiro atoms. The molecule has 1 fully saturated rings. The van der Waals surface area contributed by atoms with Gasteiger partial charge in [-0.05, 0) is 24.6 Å². The first kappa shape index (κ1) is 12.5. The van der Waals surface area contributed by atoms with Gasteiger partial charge in [0.25, 0.3) is 0 Å². The van der Waals surface area contributed by atoms with E-state index >= 15 is 0 Å². The molecule has 2 rings (SSSR count). The highest BCUT2D eigenvalue weighted by Crippen LogP contribution is 2.09. The maximum absolute atomic E-state index is 12.7. The summed E-state index contributed by atoms with van der Waals surface area (Å²) in [5.41, 5.74) is 0.750. The van der Waals surface area contributed by atoms with Crippen LogP contribution in [0.25, 0.3) is 0 Å². The molecule has 96 valence electrons. The number of nitrogens with zero attached hydrogens (tertiary/aromatic N) is 1. The van der Waals surface area contributed by atoms with Gasteiger partial charge in [-0.1, -0.05) is 12.1 Å². The third kappa shape index (κ3) is 2.67. The average Bonchev–Trinajstić information content (AvgIpc) is 2.35. The molecule has 1 atom stereocenters. The number of piperazine rings is 1. The number of halogens is 1. The standard InChI is InChI=1S/C13H15FN2O2/c1-9-13(18)15-6-7-16(9)12(17)8-10-2-4-11(14)5-3-10/h2-5,9H,6-8H2,1H3,(H,15,18). The van der Waals surface area contributed by atoms with Crippen LogP contribution >= 0.6 is 0 Å². The van der Waals surface area contributed by atoms with Gasteiger partial charge in [0, 0.05) is 13.1 Å². The molecule has 1 unspecified atom stereocenters. The Morgan fingerprint density at radius 1 is 1.44 bits per heavy atom. The number of hydrogen-bond acceptors (Lipinski definition) is 2. The first-order valence-corrected chi connectivity index (χ1v) is 5.89. The van der Waals surface area contributed by atoms with E-state index in [0.29, 0.717) is 13.1 Å². The summed E-state index contributed by atoms with van der Waals surface area (Å²) in [6.07, 6.45) is 0.192. The van der Waals surface area contributed by atoms with E-state index < -0.39 is 6.04 Å². The second kappa shape index (κ2) is 5.16. The van der Waals surface area contributed by atoms with Crippen molar-refractivity contribution in [1.29, 1.82) is 0 Å². The molecule has 4 nitrogen and oxygen atoms in total. The number of rotatable bonds is 2. The highest BCUT2D eigenvalue weighted by atomic mass is 19.1. The van der Waals surface area contributed by atoms with Crippen LogP contribution in [0.4, 0.5) is 4.39 Å². The van der Waals surface area contributed by atoms with Crippen molar-refractivity contribution < 1.29 is 14.0 Å². The number of nitrogens with one attached hydrogen (secondary N) is 1. The van der Waals surface area contributed by atoms with Gasteiger partial charge in [-0.25, -0.2) is 4.39 Å². The fraction of sp³-hybridized carbons (Fsp3) is 0.385. The largest absolute Gasteiger partial charge is 0.353 e. The molecule has 0 aromatic heterocycles. The maximum Gasteiger partial charge on any atom is 0.242 e. The maximum atomic E-state index is 12.7. The molecule has 1 heterocycles. The third-order valence-corrected chi connectivity index (χ3v) is 3.09. The predicted molar refractivity (Wildman–Crippen MR) is 64.3 cm³/mol. The van der Waals surface area contributed by atoms with Crippen LogP contribution in [0.3, 0.4) is 0 Å². The van der Waals surface area contributed by atoms with Gasteiger partial charge in [0.05, 0.1) is 6.42 Å². The molecule has 2 amide bonds. The number of benzene rings is 1. The normalized spacial score (nSPS) is 19.6. The van der Waals surface area contributed by atoms with Gasteiger partial charge in [0.1, 0.15) is 11.9 Å². The highest BCUT2D eigenvalue weighted by molar-refractivity contribution is 5.89. The zero-order chi connectivity index (χ0) is 13.1. The Morgan fingerprint density at radius 3 is 2.78 bits per heavy atom. The van der Waals surface area contributed by atoms with E-state index in [2.05, 4.69) is 5.32 Å². The molecular formula is C13H15FN2O2. The number of amides is 2. The van der Waals surface area contributed by atoms with Crippen molar-refractivity contribution in [1.82, 2.24) is 10.2 Å². The third-order valence-electron chi connectivity index (χ3n) is 3.09. The molecule has 0 bridgehead atoms.